The number of unbranched alkanes of at least 4 members (excludes halogenated alkanes) is 1. The molecule has 0 aliphatic heterocycles. The molecule has 14 heavy (non-hydrogen) atoms. The van der Waals surface area contributed by atoms with Crippen molar-refractivity contribution in [3.05, 3.63) is 0 Å². The van der Waals surface area contributed by atoms with Crippen molar-refractivity contribution in [3.63, 3.8) is 0 Å². The van der Waals surface area contributed by atoms with Gasteiger partial charge in [-0.25, -0.2) is 0 Å². The topological polar surface area (TPSA) is 69.4 Å². The predicted molar refractivity (Wildman–Crippen MR) is 53.3 cm³/mol. The van der Waals surface area contributed by atoms with Crippen LogP contribution in [0.5, 0.6) is 0 Å². The second-order valence-corrected chi connectivity index (χ2v) is 3.33. The highest BCUT2D eigenvalue weighted by atomic mass is 16.5. The van der Waals surface area contributed by atoms with Gasteiger partial charge in [0.2, 0.25) is 0 Å². The highest BCUT2D eigenvalue weighted by Gasteiger charge is 2.20. The summed E-state index contributed by atoms with van der Waals surface area (Å²) in [5.41, 5.74) is 5.63. The Labute approximate surface area is 84.8 Å². The van der Waals surface area contributed by atoms with Crippen molar-refractivity contribution in [1.82, 2.24) is 0 Å². The fourth-order valence-corrected chi connectivity index (χ4v) is 0.900. The van der Waals surface area contributed by atoms with E-state index in [2.05, 4.69) is 0 Å². The van der Waals surface area contributed by atoms with Crippen molar-refractivity contribution in [2.24, 2.45) is 11.7 Å². The average Bonchev–Trinajstić information content (AvgIpc) is 2.21. The molecule has 0 spiro atoms. The molecule has 0 aromatic rings. The third-order valence-electron chi connectivity index (χ3n) is 2.20. The number of rotatable bonds is 7. The van der Waals surface area contributed by atoms with Crippen LogP contribution in [-0.4, -0.2) is 24.9 Å². The van der Waals surface area contributed by atoms with Gasteiger partial charge in [-0.1, -0.05) is 20.3 Å². The molecular formula is C10H18NO3. The van der Waals surface area contributed by atoms with Gasteiger partial charge in [0.1, 0.15) is 6.04 Å². The molecule has 0 aliphatic rings. The molecule has 0 saturated carbocycles. The fraction of sp³-hybridized carbons (Fsp3) is 0.800. The summed E-state index contributed by atoms with van der Waals surface area (Å²) in [5.74, 6) is -0.259. The van der Waals surface area contributed by atoms with Crippen LogP contribution in [0.1, 0.15) is 33.1 Å². The Bertz CT molecular complexity index is 182. The summed E-state index contributed by atoms with van der Waals surface area (Å²) in [5, 5.41) is 0. The third-order valence-corrected chi connectivity index (χ3v) is 2.20. The summed E-state index contributed by atoms with van der Waals surface area (Å²) < 4.78 is 4.89. The zero-order valence-corrected chi connectivity index (χ0v) is 8.79. The van der Waals surface area contributed by atoms with Crippen molar-refractivity contribution >= 4 is 12.3 Å². The summed E-state index contributed by atoms with van der Waals surface area (Å²) in [7, 11) is 0. The minimum absolute atomic E-state index is 0.125. The summed E-state index contributed by atoms with van der Waals surface area (Å²) in [6.45, 7) is 4.13. The van der Waals surface area contributed by atoms with Gasteiger partial charge in [-0.05, 0) is 12.3 Å². The molecule has 0 heterocycles. The van der Waals surface area contributed by atoms with E-state index in [1.54, 1.807) is 6.29 Å². The first-order valence-electron chi connectivity index (χ1n) is 4.90. The smallest absolute Gasteiger partial charge is 0.323 e. The van der Waals surface area contributed by atoms with Crippen LogP contribution >= 0.6 is 0 Å². The molecule has 1 radical (unpaired) electrons. The summed E-state index contributed by atoms with van der Waals surface area (Å²) in [6, 6.07) is -0.555. The fourth-order valence-electron chi connectivity index (χ4n) is 0.900. The molecular weight excluding hydrogens is 182 g/mol. The van der Waals surface area contributed by atoms with Gasteiger partial charge in [0, 0.05) is 6.42 Å². The molecule has 1 unspecified atom stereocenters. The van der Waals surface area contributed by atoms with Crippen LogP contribution in [0.4, 0.5) is 0 Å². The minimum atomic E-state index is -0.555. The Morgan fingerprint density at radius 1 is 1.57 bits per heavy atom. The second-order valence-electron chi connectivity index (χ2n) is 3.33. The quantitative estimate of drug-likeness (QED) is 0.487. The van der Waals surface area contributed by atoms with Crippen LogP contribution in [0.15, 0.2) is 0 Å². The molecule has 0 amide bonds. The molecule has 0 aromatic heterocycles. The van der Waals surface area contributed by atoms with Crippen LogP contribution in [0.25, 0.3) is 0 Å². The van der Waals surface area contributed by atoms with Gasteiger partial charge < -0.3 is 10.5 Å². The van der Waals surface area contributed by atoms with E-state index in [-0.39, 0.29) is 18.5 Å². The summed E-state index contributed by atoms with van der Waals surface area (Å²) >= 11 is 0. The summed E-state index contributed by atoms with van der Waals surface area (Å²) in [4.78, 5) is 21.1. The van der Waals surface area contributed by atoms with Gasteiger partial charge in [0.15, 0.2) is 6.29 Å². The Morgan fingerprint density at radius 2 is 2.21 bits per heavy atom. The number of esters is 1. The highest BCUT2D eigenvalue weighted by molar-refractivity contribution is 5.75. The van der Waals surface area contributed by atoms with Crippen LogP contribution in [-0.2, 0) is 14.3 Å². The van der Waals surface area contributed by atoms with E-state index in [0.29, 0.717) is 12.8 Å². The summed E-state index contributed by atoms with van der Waals surface area (Å²) in [6.07, 6.45) is 3.39. The van der Waals surface area contributed by atoms with Crippen LogP contribution < -0.4 is 5.73 Å². The second kappa shape index (κ2) is 7.50. The van der Waals surface area contributed by atoms with Crippen molar-refractivity contribution in [3.8, 4) is 0 Å². The first kappa shape index (κ1) is 13.1. The molecule has 2 atom stereocenters. The first-order chi connectivity index (χ1) is 6.63. The molecule has 0 aromatic carbocycles. The molecule has 4 nitrogen and oxygen atoms in total. The van der Waals surface area contributed by atoms with Gasteiger partial charge >= 0.3 is 5.97 Å². The third kappa shape index (κ3) is 4.97. The van der Waals surface area contributed by atoms with E-state index in [9.17, 15) is 9.59 Å². The zero-order valence-electron chi connectivity index (χ0n) is 8.79. The lowest BCUT2D eigenvalue weighted by Gasteiger charge is -2.16. The minimum Gasteiger partial charge on any atom is -0.465 e. The molecule has 0 rings (SSSR count). The van der Waals surface area contributed by atoms with Crippen molar-refractivity contribution in [2.45, 2.75) is 39.2 Å². The van der Waals surface area contributed by atoms with Crippen molar-refractivity contribution in [2.75, 3.05) is 6.61 Å². The monoisotopic (exact) mass is 200 g/mol. The van der Waals surface area contributed by atoms with Gasteiger partial charge in [-0.3, -0.25) is 9.59 Å². The van der Waals surface area contributed by atoms with Gasteiger partial charge in [0.05, 0.1) is 6.61 Å². The van der Waals surface area contributed by atoms with Crippen LogP contribution in [0, 0.1) is 5.92 Å². The molecule has 2 N–H and O–H groups in total. The predicted octanol–water partition coefficient (Wildman–Crippen LogP) is 0.793. The van der Waals surface area contributed by atoms with E-state index in [4.69, 9.17) is 10.5 Å². The molecule has 81 valence electrons. The van der Waals surface area contributed by atoms with E-state index in [0.717, 1.165) is 6.42 Å². The first-order valence-corrected chi connectivity index (χ1v) is 4.90. The zero-order chi connectivity index (χ0) is 11.0. The maximum Gasteiger partial charge on any atom is 0.323 e. The van der Waals surface area contributed by atoms with E-state index in [1.807, 2.05) is 13.8 Å². The largest absolute Gasteiger partial charge is 0.465 e. The maximum atomic E-state index is 11.3. The number of carbonyl (C=O) groups excluding carboxylic acids is 2. The van der Waals surface area contributed by atoms with E-state index in [1.165, 1.54) is 0 Å². The lowest BCUT2D eigenvalue weighted by Crippen LogP contribution is -2.38. The van der Waals surface area contributed by atoms with Crippen LogP contribution in [0.3, 0.4) is 0 Å². The number of hydrogen-bond acceptors (Lipinski definition) is 4. The van der Waals surface area contributed by atoms with Gasteiger partial charge in [0.25, 0.3) is 0 Å². The Morgan fingerprint density at radius 3 is 2.71 bits per heavy atom. The van der Waals surface area contributed by atoms with Crippen molar-refractivity contribution in [1.29, 1.82) is 0 Å². The highest BCUT2D eigenvalue weighted by Crippen LogP contribution is 2.06. The lowest BCUT2D eigenvalue weighted by molar-refractivity contribution is -0.146. The molecule has 0 saturated heterocycles. The lowest BCUT2D eigenvalue weighted by atomic mass is 10.0. The normalized spacial score (nSPS) is 14.5. The number of nitrogens with two attached hydrogens (primary N) is 1. The molecule has 0 aliphatic carbocycles. The SMILES string of the molecule is CCC(C)[C@H](N)C(=O)OCCC[C]=O. The molecule has 0 bridgehead atoms. The van der Waals surface area contributed by atoms with Crippen LogP contribution in [0.2, 0.25) is 0 Å². The molecule has 4 heteroatoms. The number of carbonyl (C=O) groups is 1. The van der Waals surface area contributed by atoms with Crippen molar-refractivity contribution < 1.29 is 14.3 Å². The standard InChI is InChI=1S/C10H18NO3/c1-3-8(2)9(11)10(13)14-7-5-4-6-12/h8-9H,3-5,7,11H2,1-2H3/t8?,9-/m0/s1. The Hall–Kier alpha value is -0.900. The molecule has 0 fully saturated rings. The number of ether oxygens (including phenoxy) is 1. The van der Waals surface area contributed by atoms with Gasteiger partial charge in [-0.15, -0.1) is 0 Å². The number of hydrogen-bond donors (Lipinski definition) is 1. The van der Waals surface area contributed by atoms with E-state index < -0.39 is 6.04 Å². The van der Waals surface area contributed by atoms with Gasteiger partial charge in [-0.2, -0.15) is 0 Å². The Kier molecular flexibility index (Phi) is 7.02. The average molecular weight is 200 g/mol. The Balaban J connectivity index is 3.67. The van der Waals surface area contributed by atoms with E-state index >= 15 is 0 Å². The maximum absolute atomic E-state index is 11.3.